The topological polar surface area (TPSA) is 93.3 Å². The lowest BCUT2D eigenvalue weighted by molar-refractivity contribution is -0.385. The van der Waals surface area contributed by atoms with Gasteiger partial charge in [0.1, 0.15) is 6.33 Å². The van der Waals surface area contributed by atoms with E-state index in [0.29, 0.717) is 11.4 Å². The summed E-state index contributed by atoms with van der Waals surface area (Å²) in [6.07, 6.45) is 2.88. The van der Waals surface area contributed by atoms with E-state index in [2.05, 4.69) is 20.5 Å². The number of rotatable bonds is 5. The van der Waals surface area contributed by atoms with Gasteiger partial charge in [0.05, 0.1) is 26.9 Å². The van der Waals surface area contributed by atoms with Crippen LogP contribution in [0.15, 0.2) is 72.1 Å². The Kier molecular flexibility index (Phi) is 4.54. The number of hydrogen-bond donors (Lipinski definition) is 1. The van der Waals surface area contributed by atoms with Crippen molar-refractivity contribution in [3.8, 4) is 10.4 Å². The first kappa shape index (κ1) is 16.8. The Hall–Kier alpha value is -3.65. The first-order chi connectivity index (χ1) is 13.2. The van der Waals surface area contributed by atoms with E-state index in [9.17, 15) is 10.1 Å². The Bertz CT molecular complexity index is 1140. The zero-order chi connectivity index (χ0) is 18.6. The van der Waals surface area contributed by atoms with Crippen molar-refractivity contribution in [2.75, 3.05) is 5.43 Å². The molecule has 2 aromatic heterocycles. The Labute approximate surface area is 158 Å². The van der Waals surface area contributed by atoms with E-state index in [-0.39, 0.29) is 5.69 Å². The number of para-hydroxylation sites is 1. The number of nitrogens with one attached hydrogen (secondary N) is 1. The fourth-order valence-corrected chi connectivity index (χ4v) is 3.66. The maximum absolute atomic E-state index is 11.1. The molecule has 0 atom stereocenters. The SMILES string of the molecule is O=[N+]([O-])c1ccccc1/C=N/Nc1ncnc2cc(-c3ccccc3)sc12. The molecule has 2 aromatic carbocycles. The van der Waals surface area contributed by atoms with E-state index in [1.54, 1.807) is 29.5 Å². The molecule has 1 N–H and O–H groups in total. The molecule has 0 fully saturated rings. The van der Waals surface area contributed by atoms with Gasteiger partial charge in [0.25, 0.3) is 5.69 Å². The molecule has 0 aliphatic carbocycles. The first-order valence-electron chi connectivity index (χ1n) is 8.05. The molecule has 2 heterocycles. The van der Waals surface area contributed by atoms with Crippen LogP contribution in [0, 0.1) is 10.1 Å². The Morgan fingerprint density at radius 1 is 1.07 bits per heavy atom. The van der Waals surface area contributed by atoms with Gasteiger partial charge in [0.15, 0.2) is 5.82 Å². The lowest BCUT2D eigenvalue weighted by Gasteiger charge is -2.00. The van der Waals surface area contributed by atoms with E-state index < -0.39 is 4.92 Å². The second-order valence-electron chi connectivity index (χ2n) is 5.60. The molecule has 132 valence electrons. The van der Waals surface area contributed by atoms with Crippen molar-refractivity contribution in [3.05, 3.63) is 82.7 Å². The summed E-state index contributed by atoms with van der Waals surface area (Å²) >= 11 is 1.56. The molecular formula is C19H13N5O2S. The van der Waals surface area contributed by atoms with Crippen LogP contribution in [0.5, 0.6) is 0 Å². The van der Waals surface area contributed by atoms with Gasteiger partial charge in [0.2, 0.25) is 0 Å². The number of fused-ring (bicyclic) bond motifs is 1. The van der Waals surface area contributed by atoms with Gasteiger partial charge in [-0.25, -0.2) is 9.97 Å². The van der Waals surface area contributed by atoms with Crippen LogP contribution in [0.1, 0.15) is 5.56 Å². The van der Waals surface area contributed by atoms with Crippen molar-refractivity contribution >= 4 is 39.3 Å². The van der Waals surface area contributed by atoms with Crippen LogP contribution in [0.3, 0.4) is 0 Å². The average Bonchev–Trinajstić information content (AvgIpc) is 3.14. The summed E-state index contributed by atoms with van der Waals surface area (Å²) in [4.78, 5) is 20.3. The number of aromatic nitrogens is 2. The fraction of sp³-hybridized carbons (Fsp3) is 0. The number of nitrogens with zero attached hydrogens (tertiary/aromatic N) is 4. The first-order valence-corrected chi connectivity index (χ1v) is 8.86. The van der Waals surface area contributed by atoms with Crippen molar-refractivity contribution in [1.29, 1.82) is 0 Å². The second kappa shape index (κ2) is 7.30. The Balaban J connectivity index is 1.63. The third-order valence-corrected chi connectivity index (χ3v) is 5.06. The number of hydrogen-bond acceptors (Lipinski definition) is 7. The van der Waals surface area contributed by atoms with Crippen molar-refractivity contribution in [2.45, 2.75) is 0 Å². The number of nitro groups is 1. The second-order valence-corrected chi connectivity index (χ2v) is 6.65. The molecule has 0 saturated heterocycles. The van der Waals surface area contributed by atoms with Gasteiger partial charge >= 0.3 is 0 Å². The average molecular weight is 375 g/mol. The number of benzene rings is 2. The van der Waals surface area contributed by atoms with Gasteiger partial charge in [-0.1, -0.05) is 42.5 Å². The summed E-state index contributed by atoms with van der Waals surface area (Å²) in [5.41, 5.74) is 5.21. The number of anilines is 1. The monoisotopic (exact) mass is 375 g/mol. The molecule has 0 amide bonds. The van der Waals surface area contributed by atoms with Gasteiger partial charge in [-0.3, -0.25) is 15.5 Å². The molecule has 0 radical (unpaired) electrons. The highest BCUT2D eigenvalue weighted by molar-refractivity contribution is 7.22. The maximum atomic E-state index is 11.1. The molecule has 0 unspecified atom stereocenters. The standard InChI is InChI=1S/C19H13N5O2S/c25-24(26)16-9-5-4-8-14(16)11-22-23-19-18-15(20-12-21-19)10-17(27-18)13-6-2-1-3-7-13/h1-12H,(H,20,21,23)/b22-11+. The smallest absolute Gasteiger partial charge is 0.260 e. The highest BCUT2D eigenvalue weighted by Crippen LogP contribution is 2.35. The summed E-state index contributed by atoms with van der Waals surface area (Å²) in [5, 5.41) is 15.2. The van der Waals surface area contributed by atoms with Crippen LogP contribution in [0.4, 0.5) is 11.5 Å². The van der Waals surface area contributed by atoms with Gasteiger partial charge in [-0.15, -0.1) is 11.3 Å². The van der Waals surface area contributed by atoms with E-state index >= 15 is 0 Å². The minimum atomic E-state index is -0.435. The molecular weight excluding hydrogens is 362 g/mol. The maximum Gasteiger partial charge on any atom is 0.278 e. The molecule has 27 heavy (non-hydrogen) atoms. The number of hydrazone groups is 1. The zero-order valence-corrected chi connectivity index (χ0v) is 14.8. The summed E-state index contributed by atoms with van der Waals surface area (Å²) in [7, 11) is 0. The third kappa shape index (κ3) is 3.51. The zero-order valence-electron chi connectivity index (χ0n) is 13.9. The largest absolute Gasteiger partial charge is 0.278 e. The van der Waals surface area contributed by atoms with Crippen LogP contribution < -0.4 is 5.43 Å². The fourth-order valence-electron chi connectivity index (χ4n) is 2.60. The summed E-state index contributed by atoms with van der Waals surface area (Å²) in [6.45, 7) is 0. The highest BCUT2D eigenvalue weighted by Gasteiger charge is 2.11. The third-order valence-electron chi connectivity index (χ3n) is 3.88. The van der Waals surface area contributed by atoms with Crippen LogP contribution in [0.2, 0.25) is 0 Å². The summed E-state index contributed by atoms with van der Waals surface area (Å²) in [5.74, 6) is 0.557. The van der Waals surface area contributed by atoms with Crippen molar-refractivity contribution < 1.29 is 4.92 Å². The highest BCUT2D eigenvalue weighted by atomic mass is 32.1. The van der Waals surface area contributed by atoms with Crippen LogP contribution in [-0.4, -0.2) is 21.1 Å². The quantitative estimate of drug-likeness (QED) is 0.310. The normalized spacial score (nSPS) is 11.1. The molecule has 0 aliphatic rings. The molecule has 4 rings (SSSR count). The molecule has 0 spiro atoms. The minimum Gasteiger partial charge on any atom is -0.260 e. The molecule has 7 nitrogen and oxygen atoms in total. The van der Waals surface area contributed by atoms with Crippen LogP contribution in [0.25, 0.3) is 20.7 Å². The molecule has 0 aliphatic heterocycles. The van der Waals surface area contributed by atoms with Gasteiger partial charge in [-0.2, -0.15) is 5.10 Å². The summed E-state index contributed by atoms with van der Waals surface area (Å²) in [6, 6.07) is 18.5. The predicted octanol–water partition coefficient (Wildman–Crippen LogP) is 4.71. The van der Waals surface area contributed by atoms with Gasteiger partial charge in [0, 0.05) is 10.9 Å². The molecule has 8 heteroatoms. The lowest BCUT2D eigenvalue weighted by atomic mass is 10.2. The van der Waals surface area contributed by atoms with Crippen LogP contribution in [-0.2, 0) is 0 Å². The Morgan fingerprint density at radius 3 is 2.67 bits per heavy atom. The minimum absolute atomic E-state index is 0.00151. The van der Waals surface area contributed by atoms with Crippen LogP contribution >= 0.6 is 11.3 Å². The molecule has 0 bridgehead atoms. The van der Waals surface area contributed by atoms with E-state index in [1.807, 2.05) is 36.4 Å². The van der Waals surface area contributed by atoms with Gasteiger partial charge < -0.3 is 0 Å². The van der Waals surface area contributed by atoms with E-state index in [0.717, 1.165) is 20.7 Å². The van der Waals surface area contributed by atoms with Crippen molar-refractivity contribution in [1.82, 2.24) is 9.97 Å². The van der Waals surface area contributed by atoms with Crippen molar-refractivity contribution in [3.63, 3.8) is 0 Å². The molecule has 4 aromatic rings. The Morgan fingerprint density at radius 2 is 1.85 bits per heavy atom. The van der Waals surface area contributed by atoms with Gasteiger partial charge in [-0.05, 0) is 17.7 Å². The predicted molar refractivity (Wildman–Crippen MR) is 107 cm³/mol. The number of nitro benzene ring substituents is 1. The molecule has 0 saturated carbocycles. The van der Waals surface area contributed by atoms with E-state index in [4.69, 9.17) is 0 Å². The van der Waals surface area contributed by atoms with Crippen molar-refractivity contribution in [2.24, 2.45) is 5.10 Å². The van der Waals surface area contributed by atoms with E-state index in [1.165, 1.54) is 18.6 Å². The summed E-state index contributed by atoms with van der Waals surface area (Å²) < 4.78 is 0.871. The lowest BCUT2D eigenvalue weighted by Crippen LogP contribution is -1.97. The number of thiophene rings is 1.